The second-order valence-electron chi connectivity index (χ2n) is 7.33. The molecule has 144 valence electrons. The van der Waals surface area contributed by atoms with Gasteiger partial charge >= 0.3 is 0 Å². The van der Waals surface area contributed by atoms with Crippen molar-refractivity contribution in [2.24, 2.45) is 5.41 Å². The molecule has 27 heavy (non-hydrogen) atoms. The van der Waals surface area contributed by atoms with E-state index in [1.165, 1.54) is 12.1 Å². The molecule has 2 heterocycles. The molecule has 0 saturated carbocycles. The molecule has 1 N–H and O–H groups in total. The van der Waals surface area contributed by atoms with E-state index in [2.05, 4.69) is 19.2 Å². The van der Waals surface area contributed by atoms with Crippen molar-refractivity contribution < 1.29 is 13.6 Å². The van der Waals surface area contributed by atoms with Gasteiger partial charge < -0.3 is 5.32 Å². The third-order valence-electron chi connectivity index (χ3n) is 5.29. The maximum atomic E-state index is 14.1. The van der Waals surface area contributed by atoms with Crippen LogP contribution in [-0.4, -0.2) is 16.9 Å². The first kappa shape index (κ1) is 19.3. The minimum absolute atomic E-state index is 0.0386. The average molecular weight is 374 g/mol. The van der Waals surface area contributed by atoms with Crippen LogP contribution >= 0.6 is 0 Å². The molecule has 1 aliphatic heterocycles. The Kier molecular flexibility index (Phi) is 5.44. The van der Waals surface area contributed by atoms with E-state index in [-0.39, 0.29) is 22.1 Å². The summed E-state index contributed by atoms with van der Waals surface area (Å²) in [5, 5.41) is 3.26. The summed E-state index contributed by atoms with van der Waals surface area (Å²) in [7, 11) is 0. The zero-order valence-corrected chi connectivity index (χ0v) is 15.6. The van der Waals surface area contributed by atoms with Gasteiger partial charge in [0.05, 0.1) is 11.1 Å². The van der Waals surface area contributed by atoms with Crippen LogP contribution in [0.1, 0.15) is 55.5 Å². The van der Waals surface area contributed by atoms with Crippen molar-refractivity contribution >= 4 is 11.6 Å². The fourth-order valence-electron chi connectivity index (χ4n) is 4.11. The van der Waals surface area contributed by atoms with Crippen LogP contribution in [0.3, 0.4) is 0 Å². The summed E-state index contributed by atoms with van der Waals surface area (Å²) >= 11 is 0. The molecule has 2 aromatic rings. The van der Waals surface area contributed by atoms with E-state index < -0.39 is 17.4 Å². The van der Waals surface area contributed by atoms with Gasteiger partial charge in [0.2, 0.25) is 0 Å². The Bertz CT molecular complexity index is 915. The molecular weight excluding hydrogens is 350 g/mol. The maximum Gasteiger partial charge on any atom is 0.252 e. The van der Waals surface area contributed by atoms with Crippen molar-refractivity contribution in [2.75, 3.05) is 11.9 Å². The number of halogens is 2. The predicted molar refractivity (Wildman–Crippen MR) is 101 cm³/mol. The molecule has 0 unspecified atom stereocenters. The molecule has 3 rings (SSSR count). The largest absolute Gasteiger partial charge is 0.370 e. The van der Waals surface area contributed by atoms with Gasteiger partial charge in [-0.1, -0.05) is 26.7 Å². The summed E-state index contributed by atoms with van der Waals surface area (Å²) in [6.07, 6.45) is 3.96. The molecule has 1 aliphatic rings. The van der Waals surface area contributed by atoms with E-state index in [4.69, 9.17) is 0 Å². The SMILES string of the molecule is CCCC1(CCC)CNc2c(C(=O)c3ccc(F)cc3F)ccc(=O)n2C1. The fourth-order valence-corrected chi connectivity index (χ4v) is 4.11. The number of carbonyl (C=O) groups is 1. The quantitative estimate of drug-likeness (QED) is 0.764. The Labute approximate surface area is 157 Å². The van der Waals surface area contributed by atoms with Crippen molar-refractivity contribution in [2.45, 2.75) is 46.1 Å². The van der Waals surface area contributed by atoms with E-state index >= 15 is 0 Å². The Hall–Kier alpha value is -2.50. The van der Waals surface area contributed by atoms with Gasteiger partial charge in [-0.25, -0.2) is 8.78 Å². The number of nitrogens with one attached hydrogen (secondary N) is 1. The van der Waals surface area contributed by atoms with Crippen LogP contribution in [0.4, 0.5) is 14.6 Å². The van der Waals surface area contributed by atoms with Crippen LogP contribution in [0.2, 0.25) is 0 Å². The third kappa shape index (κ3) is 3.66. The van der Waals surface area contributed by atoms with E-state index in [1.807, 2.05) is 0 Å². The second kappa shape index (κ2) is 7.62. The zero-order chi connectivity index (χ0) is 19.6. The van der Waals surface area contributed by atoms with Gasteiger partial charge in [-0.05, 0) is 31.0 Å². The molecule has 4 nitrogen and oxygen atoms in total. The zero-order valence-electron chi connectivity index (χ0n) is 15.6. The van der Waals surface area contributed by atoms with Crippen molar-refractivity contribution in [3.63, 3.8) is 0 Å². The van der Waals surface area contributed by atoms with Gasteiger partial charge in [0.25, 0.3) is 5.56 Å². The lowest BCUT2D eigenvalue weighted by molar-refractivity contribution is 0.103. The lowest BCUT2D eigenvalue weighted by atomic mass is 9.77. The van der Waals surface area contributed by atoms with Crippen molar-refractivity contribution in [1.82, 2.24) is 4.57 Å². The summed E-state index contributed by atoms with van der Waals surface area (Å²) in [5.74, 6) is -1.80. The van der Waals surface area contributed by atoms with Crippen LogP contribution < -0.4 is 10.9 Å². The number of fused-ring (bicyclic) bond motifs is 1. The maximum absolute atomic E-state index is 14.1. The summed E-state index contributed by atoms with van der Waals surface area (Å²) < 4.78 is 28.8. The first-order valence-corrected chi connectivity index (χ1v) is 9.38. The number of ketones is 1. The number of carbonyl (C=O) groups excluding carboxylic acids is 1. The number of hydrogen-bond donors (Lipinski definition) is 1. The highest BCUT2D eigenvalue weighted by Crippen LogP contribution is 2.37. The van der Waals surface area contributed by atoms with Gasteiger partial charge in [0, 0.05) is 30.6 Å². The molecule has 0 fully saturated rings. The fraction of sp³-hybridized carbons (Fsp3) is 0.429. The number of aromatic nitrogens is 1. The molecule has 0 radical (unpaired) electrons. The first-order valence-electron chi connectivity index (χ1n) is 9.38. The van der Waals surface area contributed by atoms with Crippen LogP contribution in [0.15, 0.2) is 35.1 Å². The van der Waals surface area contributed by atoms with E-state index in [0.29, 0.717) is 25.0 Å². The molecule has 6 heteroatoms. The summed E-state index contributed by atoms with van der Waals surface area (Å²) in [4.78, 5) is 25.3. The minimum Gasteiger partial charge on any atom is -0.370 e. The Balaban J connectivity index is 2.04. The number of pyridine rings is 1. The number of anilines is 1. The number of hydrogen-bond acceptors (Lipinski definition) is 3. The predicted octanol–water partition coefficient (Wildman–Crippen LogP) is 4.37. The van der Waals surface area contributed by atoms with Gasteiger partial charge in [-0.2, -0.15) is 0 Å². The van der Waals surface area contributed by atoms with Crippen molar-refractivity contribution in [3.05, 3.63) is 63.4 Å². The van der Waals surface area contributed by atoms with Crippen molar-refractivity contribution in [1.29, 1.82) is 0 Å². The van der Waals surface area contributed by atoms with Crippen LogP contribution in [0.25, 0.3) is 0 Å². The smallest absolute Gasteiger partial charge is 0.252 e. The molecule has 0 saturated heterocycles. The van der Waals surface area contributed by atoms with Gasteiger partial charge in [0.1, 0.15) is 17.5 Å². The highest BCUT2D eigenvalue weighted by molar-refractivity contribution is 6.12. The van der Waals surface area contributed by atoms with Crippen LogP contribution in [-0.2, 0) is 6.54 Å². The summed E-state index contributed by atoms with van der Waals surface area (Å²) in [6.45, 7) is 5.42. The van der Waals surface area contributed by atoms with Crippen molar-refractivity contribution in [3.8, 4) is 0 Å². The van der Waals surface area contributed by atoms with Crippen LogP contribution in [0, 0.1) is 17.0 Å². The lowest BCUT2D eigenvalue weighted by Crippen LogP contribution is -2.44. The van der Waals surface area contributed by atoms with E-state index in [1.54, 1.807) is 4.57 Å². The molecule has 0 atom stereocenters. The first-order chi connectivity index (χ1) is 12.9. The summed E-state index contributed by atoms with van der Waals surface area (Å²) in [5.41, 5.74) is -0.214. The van der Waals surface area contributed by atoms with Gasteiger partial charge in [0.15, 0.2) is 5.78 Å². The molecule has 1 aromatic heterocycles. The highest BCUT2D eigenvalue weighted by atomic mass is 19.1. The standard InChI is InChI=1S/C21H24F2N2O2/c1-3-9-21(10-4-2)12-24-20-16(7-8-18(26)25(20)13-21)19(27)15-6-5-14(22)11-17(15)23/h5-8,11,24H,3-4,9-10,12-13H2,1-2H3. The van der Waals surface area contributed by atoms with Gasteiger partial charge in [-0.3, -0.25) is 14.2 Å². The molecular formula is C21H24F2N2O2. The second-order valence-corrected chi connectivity index (χ2v) is 7.33. The monoisotopic (exact) mass is 374 g/mol. The molecule has 0 amide bonds. The average Bonchev–Trinajstić information content (AvgIpc) is 2.62. The van der Waals surface area contributed by atoms with Gasteiger partial charge in [-0.15, -0.1) is 0 Å². The number of nitrogens with zero attached hydrogens (tertiary/aromatic N) is 1. The highest BCUT2D eigenvalue weighted by Gasteiger charge is 2.35. The lowest BCUT2D eigenvalue weighted by Gasteiger charge is -2.40. The Morgan fingerprint density at radius 2 is 1.78 bits per heavy atom. The topological polar surface area (TPSA) is 51.1 Å². The Morgan fingerprint density at radius 1 is 1.11 bits per heavy atom. The number of benzene rings is 1. The van der Waals surface area contributed by atoms with E-state index in [0.717, 1.165) is 37.8 Å². The number of rotatable bonds is 6. The van der Waals surface area contributed by atoms with Crippen LogP contribution in [0.5, 0.6) is 0 Å². The normalized spacial score (nSPS) is 15.1. The molecule has 0 spiro atoms. The molecule has 0 aliphatic carbocycles. The molecule has 1 aromatic carbocycles. The molecule has 0 bridgehead atoms. The van der Waals surface area contributed by atoms with E-state index in [9.17, 15) is 18.4 Å². The third-order valence-corrected chi connectivity index (χ3v) is 5.29. The summed E-state index contributed by atoms with van der Waals surface area (Å²) in [6, 6.07) is 5.64. The minimum atomic E-state index is -0.910. The Morgan fingerprint density at radius 3 is 2.41 bits per heavy atom.